The second kappa shape index (κ2) is 9.64. The third kappa shape index (κ3) is 5.42. The molecule has 2 aromatic rings. The van der Waals surface area contributed by atoms with Crippen molar-refractivity contribution in [3.05, 3.63) is 65.7 Å². The van der Waals surface area contributed by atoms with Crippen LogP contribution in [0, 0.1) is 0 Å². The lowest BCUT2D eigenvalue weighted by molar-refractivity contribution is -0.143. The summed E-state index contributed by atoms with van der Waals surface area (Å²) in [6.07, 6.45) is 1.67. The topological polar surface area (TPSA) is 80.2 Å². The van der Waals surface area contributed by atoms with E-state index in [9.17, 15) is 9.59 Å². The van der Waals surface area contributed by atoms with E-state index in [-0.39, 0.29) is 17.9 Å². The minimum Gasteiger partial charge on any atom is -0.497 e. The van der Waals surface area contributed by atoms with Gasteiger partial charge in [-0.2, -0.15) is 0 Å². The summed E-state index contributed by atoms with van der Waals surface area (Å²) >= 11 is 0. The smallest absolute Gasteiger partial charge is 0.267 e. The maximum Gasteiger partial charge on any atom is 0.267 e. The zero-order valence-corrected chi connectivity index (χ0v) is 17.6. The van der Waals surface area contributed by atoms with Crippen molar-refractivity contribution in [2.45, 2.75) is 44.4 Å². The highest BCUT2D eigenvalue weighted by atomic mass is 16.6. The number of oxime groups is 1. The van der Waals surface area contributed by atoms with Gasteiger partial charge in [0.1, 0.15) is 5.75 Å². The van der Waals surface area contributed by atoms with Gasteiger partial charge in [0.05, 0.1) is 12.8 Å². The van der Waals surface area contributed by atoms with Crippen molar-refractivity contribution in [1.82, 2.24) is 10.2 Å². The van der Waals surface area contributed by atoms with Gasteiger partial charge in [0.25, 0.3) is 5.91 Å². The van der Waals surface area contributed by atoms with Gasteiger partial charge in [-0.3, -0.25) is 9.59 Å². The molecule has 0 aliphatic carbocycles. The van der Waals surface area contributed by atoms with E-state index in [2.05, 4.69) is 10.5 Å². The van der Waals surface area contributed by atoms with Crippen LogP contribution in [0.1, 0.15) is 30.4 Å². The van der Waals surface area contributed by atoms with Crippen molar-refractivity contribution in [2.24, 2.45) is 5.16 Å². The molecule has 4 rings (SSSR count). The molecule has 1 N–H and O–H groups in total. The number of nitrogens with zero attached hydrogens (tertiary/aromatic N) is 2. The van der Waals surface area contributed by atoms with E-state index in [0.717, 1.165) is 29.0 Å². The van der Waals surface area contributed by atoms with Crippen molar-refractivity contribution in [3.8, 4) is 5.75 Å². The number of hydrogen-bond donors (Lipinski definition) is 1. The maximum absolute atomic E-state index is 13.3. The molecule has 7 heteroatoms. The molecule has 2 heterocycles. The van der Waals surface area contributed by atoms with Crippen molar-refractivity contribution >= 4 is 17.5 Å². The van der Waals surface area contributed by atoms with E-state index in [4.69, 9.17) is 9.57 Å². The summed E-state index contributed by atoms with van der Waals surface area (Å²) in [4.78, 5) is 32.2. The van der Waals surface area contributed by atoms with E-state index < -0.39 is 6.10 Å². The van der Waals surface area contributed by atoms with Gasteiger partial charge in [0.2, 0.25) is 12.0 Å². The van der Waals surface area contributed by atoms with Crippen LogP contribution in [0.15, 0.2) is 59.8 Å². The highest BCUT2D eigenvalue weighted by Crippen LogP contribution is 2.21. The second-order valence-corrected chi connectivity index (χ2v) is 7.99. The molecule has 2 amide bonds. The summed E-state index contributed by atoms with van der Waals surface area (Å²) in [6.45, 7) is 0.932. The molecule has 1 saturated heterocycles. The molecule has 2 aliphatic heterocycles. The second-order valence-electron chi connectivity index (χ2n) is 7.99. The van der Waals surface area contributed by atoms with Crippen molar-refractivity contribution in [1.29, 1.82) is 0 Å². The van der Waals surface area contributed by atoms with E-state index in [0.29, 0.717) is 32.4 Å². The molecular formula is C24H27N3O4. The van der Waals surface area contributed by atoms with Crippen molar-refractivity contribution in [3.63, 3.8) is 0 Å². The molecule has 1 unspecified atom stereocenters. The standard InChI is InChI=1S/C24H27N3O4/c1-30-21-9-5-8-18(13-21)12-20-14-22(31-26-20)24(29)27(15-17-6-3-2-4-7-17)16-19-10-11-23(28)25-19/h2-9,13,19,22H,10-12,14-16H2,1H3,(H,25,28)/t19-,22?/m0/s1. The van der Waals surface area contributed by atoms with Crippen LogP contribution in [0.25, 0.3) is 0 Å². The van der Waals surface area contributed by atoms with Crippen LogP contribution < -0.4 is 10.1 Å². The van der Waals surface area contributed by atoms with E-state index >= 15 is 0 Å². The van der Waals surface area contributed by atoms with Gasteiger partial charge in [0.15, 0.2) is 0 Å². The Kier molecular flexibility index (Phi) is 6.50. The first-order valence-corrected chi connectivity index (χ1v) is 10.6. The number of amides is 2. The Balaban J connectivity index is 1.41. The summed E-state index contributed by atoms with van der Waals surface area (Å²) in [5, 5.41) is 7.13. The largest absolute Gasteiger partial charge is 0.497 e. The van der Waals surface area contributed by atoms with Gasteiger partial charge in [-0.1, -0.05) is 47.6 Å². The predicted molar refractivity (Wildman–Crippen MR) is 117 cm³/mol. The fraction of sp³-hybridized carbons (Fsp3) is 0.375. The van der Waals surface area contributed by atoms with E-state index in [1.54, 1.807) is 12.0 Å². The normalized spacial score (nSPS) is 20.0. The lowest BCUT2D eigenvalue weighted by atomic mass is 10.0. The molecule has 0 aromatic heterocycles. The Morgan fingerprint density at radius 3 is 2.74 bits per heavy atom. The predicted octanol–water partition coefficient (Wildman–Crippen LogP) is 2.69. The molecule has 0 bridgehead atoms. The molecule has 31 heavy (non-hydrogen) atoms. The molecule has 2 atom stereocenters. The van der Waals surface area contributed by atoms with Gasteiger partial charge in [0, 0.05) is 38.4 Å². The van der Waals surface area contributed by atoms with E-state index in [1.807, 2.05) is 54.6 Å². The lowest BCUT2D eigenvalue weighted by Gasteiger charge is -2.27. The molecule has 0 radical (unpaired) electrons. The molecule has 2 aliphatic rings. The quantitative estimate of drug-likeness (QED) is 0.711. The summed E-state index contributed by atoms with van der Waals surface area (Å²) in [5.41, 5.74) is 2.93. The van der Waals surface area contributed by atoms with Gasteiger partial charge in [-0.05, 0) is 29.7 Å². The number of rotatable bonds is 8. The lowest BCUT2D eigenvalue weighted by Crippen LogP contribution is -2.45. The van der Waals surface area contributed by atoms with Crippen LogP contribution in [-0.2, 0) is 27.4 Å². The summed E-state index contributed by atoms with van der Waals surface area (Å²) in [7, 11) is 1.64. The molecule has 0 saturated carbocycles. The number of ether oxygens (including phenoxy) is 1. The first kappa shape index (κ1) is 20.9. The van der Waals surface area contributed by atoms with Crippen LogP contribution in [-0.4, -0.2) is 48.2 Å². The van der Waals surface area contributed by atoms with Crippen molar-refractivity contribution in [2.75, 3.05) is 13.7 Å². The third-order valence-corrected chi connectivity index (χ3v) is 5.60. The minimum atomic E-state index is -0.638. The zero-order valence-electron chi connectivity index (χ0n) is 17.6. The Bertz CT molecular complexity index is 960. The van der Waals surface area contributed by atoms with Gasteiger partial charge in [-0.15, -0.1) is 0 Å². The fourth-order valence-electron chi connectivity index (χ4n) is 4.00. The highest BCUT2D eigenvalue weighted by molar-refractivity contribution is 5.94. The number of carbonyl (C=O) groups excluding carboxylic acids is 2. The number of methoxy groups -OCH3 is 1. The first-order valence-electron chi connectivity index (χ1n) is 10.6. The van der Waals surface area contributed by atoms with E-state index in [1.165, 1.54) is 0 Å². The van der Waals surface area contributed by atoms with Crippen LogP contribution >= 0.6 is 0 Å². The Labute approximate surface area is 182 Å². The molecule has 7 nitrogen and oxygen atoms in total. The zero-order chi connectivity index (χ0) is 21.6. The molecule has 0 spiro atoms. The highest BCUT2D eigenvalue weighted by Gasteiger charge is 2.34. The third-order valence-electron chi connectivity index (χ3n) is 5.60. The van der Waals surface area contributed by atoms with Gasteiger partial charge in [-0.25, -0.2) is 0 Å². The average Bonchev–Trinajstić information content (AvgIpc) is 3.42. The monoisotopic (exact) mass is 421 g/mol. The maximum atomic E-state index is 13.3. The number of carbonyl (C=O) groups is 2. The summed E-state index contributed by atoms with van der Waals surface area (Å²) < 4.78 is 5.28. The number of benzene rings is 2. The minimum absolute atomic E-state index is 0.0289. The summed E-state index contributed by atoms with van der Waals surface area (Å²) in [6, 6.07) is 17.6. The molecule has 162 valence electrons. The fourth-order valence-corrected chi connectivity index (χ4v) is 4.00. The van der Waals surface area contributed by atoms with Crippen LogP contribution in [0.5, 0.6) is 5.75 Å². The van der Waals surface area contributed by atoms with Crippen LogP contribution in [0.2, 0.25) is 0 Å². The number of nitrogens with one attached hydrogen (secondary N) is 1. The SMILES string of the molecule is COc1cccc(CC2=NOC(C(=O)N(Cc3ccccc3)C[C@@H]3CCC(=O)N3)C2)c1. The van der Waals surface area contributed by atoms with Gasteiger partial charge < -0.3 is 19.8 Å². The molecular weight excluding hydrogens is 394 g/mol. The van der Waals surface area contributed by atoms with Crippen molar-refractivity contribution < 1.29 is 19.2 Å². The Morgan fingerprint density at radius 1 is 1.19 bits per heavy atom. The Hall–Kier alpha value is -3.35. The van der Waals surface area contributed by atoms with Crippen LogP contribution in [0.4, 0.5) is 0 Å². The number of hydrogen-bond acceptors (Lipinski definition) is 5. The van der Waals surface area contributed by atoms with Crippen LogP contribution in [0.3, 0.4) is 0 Å². The average molecular weight is 421 g/mol. The molecule has 2 aromatic carbocycles. The first-order chi connectivity index (χ1) is 15.1. The van der Waals surface area contributed by atoms with Gasteiger partial charge >= 0.3 is 0 Å². The Morgan fingerprint density at radius 2 is 2.00 bits per heavy atom. The summed E-state index contributed by atoms with van der Waals surface area (Å²) in [5.74, 6) is 0.727. The molecule has 1 fully saturated rings.